The number of hydrogen-bond acceptors (Lipinski definition) is 4. The molecule has 1 aliphatic heterocycles. The van der Waals surface area contributed by atoms with Gasteiger partial charge >= 0.3 is 0 Å². The van der Waals surface area contributed by atoms with Gasteiger partial charge in [0, 0.05) is 30.6 Å². The average molecular weight is 235 g/mol. The lowest BCUT2D eigenvalue weighted by atomic mass is 9.87. The fourth-order valence-electron chi connectivity index (χ4n) is 2.60. The van der Waals surface area contributed by atoms with Crippen molar-refractivity contribution in [1.82, 2.24) is 10.4 Å². The second kappa shape index (κ2) is 5.58. The zero-order chi connectivity index (χ0) is 12.3. The first-order valence-electron chi connectivity index (χ1n) is 6.20. The Balaban J connectivity index is 2.21. The third-order valence-corrected chi connectivity index (χ3v) is 3.38. The van der Waals surface area contributed by atoms with E-state index in [4.69, 9.17) is 10.6 Å². The number of aryl methyl sites for hydroxylation is 2. The van der Waals surface area contributed by atoms with E-state index in [0.29, 0.717) is 5.92 Å². The Labute approximate surface area is 103 Å². The van der Waals surface area contributed by atoms with Crippen LogP contribution in [0.4, 0.5) is 0 Å². The number of hydrogen-bond donors (Lipinski definition) is 2. The number of nitrogens with one attached hydrogen (secondary N) is 1. The molecule has 1 aromatic heterocycles. The predicted octanol–water partition coefficient (Wildman–Crippen LogP) is 1.63. The minimum atomic E-state index is 0.208. The highest BCUT2D eigenvalue weighted by Gasteiger charge is 2.24. The molecule has 3 N–H and O–H groups in total. The highest BCUT2D eigenvalue weighted by atomic mass is 16.5. The van der Waals surface area contributed by atoms with Gasteiger partial charge in [-0.05, 0) is 50.3 Å². The van der Waals surface area contributed by atoms with Gasteiger partial charge in [-0.2, -0.15) is 0 Å². The lowest BCUT2D eigenvalue weighted by Crippen LogP contribution is -2.36. The Morgan fingerprint density at radius 2 is 1.88 bits per heavy atom. The van der Waals surface area contributed by atoms with Crippen molar-refractivity contribution in [2.75, 3.05) is 13.2 Å². The molecule has 4 heteroatoms. The molecule has 1 aliphatic rings. The van der Waals surface area contributed by atoms with Crippen molar-refractivity contribution in [1.29, 1.82) is 0 Å². The van der Waals surface area contributed by atoms with E-state index in [-0.39, 0.29) is 6.04 Å². The molecule has 0 aromatic carbocycles. The van der Waals surface area contributed by atoms with Gasteiger partial charge in [0.25, 0.3) is 0 Å². The molecule has 94 valence electrons. The van der Waals surface area contributed by atoms with Crippen LogP contribution in [-0.2, 0) is 4.74 Å². The molecule has 2 rings (SSSR count). The van der Waals surface area contributed by atoms with Crippen molar-refractivity contribution < 1.29 is 4.74 Å². The molecule has 1 saturated heterocycles. The molecule has 0 amide bonds. The summed E-state index contributed by atoms with van der Waals surface area (Å²) in [5.41, 5.74) is 6.30. The number of rotatable bonds is 3. The summed E-state index contributed by atoms with van der Waals surface area (Å²) >= 11 is 0. The van der Waals surface area contributed by atoms with E-state index >= 15 is 0 Å². The first-order chi connectivity index (χ1) is 8.20. The van der Waals surface area contributed by atoms with Crippen LogP contribution in [0.25, 0.3) is 0 Å². The Bertz CT molecular complexity index is 355. The average Bonchev–Trinajstić information content (AvgIpc) is 2.30. The van der Waals surface area contributed by atoms with Crippen LogP contribution in [-0.4, -0.2) is 18.2 Å². The van der Waals surface area contributed by atoms with E-state index in [2.05, 4.69) is 22.5 Å². The fraction of sp³-hybridized carbons (Fsp3) is 0.615. The molecule has 1 unspecified atom stereocenters. The van der Waals surface area contributed by atoms with E-state index in [1.165, 1.54) is 5.56 Å². The Kier molecular flexibility index (Phi) is 4.10. The van der Waals surface area contributed by atoms with Gasteiger partial charge in [0.2, 0.25) is 0 Å². The maximum absolute atomic E-state index is 5.72. The minimum absolute atomic E-state index is 0.208. The standard InChI is InChI=1S/C13H21N3O/c1-9-7-12(8-10(2)15-9)13(16-14)11-3-5-17-6-4-11/h7-8,11,13,16H,3-6,14H2,1-2H3. The smallest absolute Gasteiger partial charge is 0.0491 e. The van der Waals surface area contributed by atoms with Crippen LogP contribution in [0.3, 0.4) is 0 Å². The summed E-state index contributed by atoms with van der Waals surface area (Å²) in [5, 5.41) is 0. The molecule has 0 saturated carbocycles. The number of nitrogens with zero attached hydrogens (tertiary/aromatic N) is 1. The number of hydrazine groups is 1. The molecule has 1 atom stereocenters. The van der Waals surface area contributed by atoms with E-state index < -0.39 is 0 Å². The highest BCUT2D eigenvalue weighted by molar-refractivity contribution is 5.24. The predicted molar refractivity (Wildman–Crippen MR) is 67.3 cm³/mol. The number of pyridine rings is 1. The summed E-state index contributed by atoms with van der Waals surface area (Å²) in [6.07, 6.45) is 2.13. The topological polar surface area (TPSA) is 60.2 Å². The summed E-state index contributed by atoms with van der Waals surface area (Å²) in [6.45, 7) is 5.72. The lowest BCUT2D eigenvalue weighted by Gasteiger charge is -2.30. The SMILES string of the molecule is Cc1cc(C(NN)C2CCOCC2)cc(C)n1. The summed E-state index contributed by atoms with van der Waals surface area (Å²) in [7, 11) is 0. The van der Waals surface area contributed by atoms with Crippen LogP contribution < -0.4 is 11.3 Å². The van der Waals surface area contributed by atoms with Gasteiger partial charge in [-0.25, -0.2) is 0 Å². The molecule has 1 fully saturated rings. The van der Waals surface area contributed by atoms with Crippen LogP contribution in [0.2, 0.25) is 0 Å². The van der Waals surface area contributed by atoms with Gasteiger partial charge in [-0.3, -0.25) is 16.3 Å². The second-order valence-electron chi connectivity index (χ2n) is 4.78. The Morgan fingerprint density at radius 1 is 1.29 bits per heavy atom. The zero-order valence-corrected chi connectivity index (χ0v) is 10.6. The van der Waals surface area contributed by atoms with Crippen LogP contribution in [0.1, 0.15) is 35.8 Å². The molecule has 17 heavy (non-hydrogen) atoms. The molecule has 0 aliphatic carbocycles. The van der Waals surface area contributed by atoms with Crippen LogP contribution in [0.5, 0.6) is 0 Å². The monoisotopic (exact) mass is 235 g/mol. The van der Waals surface area contributed by atoms with Crippen molar-refractivity contribution >= 4 is 0 Å². The highest BCUT2D eigenvalue weighted by Crippen LogP contribution is 2.29. The van der Waals surface area contributed by atoms with Gasteiger partial charge in [0.15, 0.2) is 0 Å². The van der Waals surface area contributed by atoms with Gasteiger partial charge in [0.1, 0.15) is 0 Å². The molecule has 4 nitrogen and oxygen atoms in total. The number of aromatic nitrogens is 1. The molecule has 1 aromatic rings. The van der Waals surface area contributed by atoms with Crippen LogP contribution in [0.15, 0.2) is 12.1 Å². The van der Waals surface area contributed by atoms with Crippen LogP contribution in [0, 0.1) is 19.8 Å². The Hall–Kier alpha value is -0.970. The zero-order valence-electron chi connectivity index (χ0n) is 10.6. The largest absolute Gasteiger partial charge is 0.381 e. The third kappa shape index (κ3) is 3.03. The third-order valence-electron chi connectivity index (χ3n) is 3.38. The fourth-order valence-corrected chi connectivity index (χ4v) is 2.60. The molecule has 0 spiro atoms. The van der Waals surface area contributed by atoms with Gasteiger partial charge in [-0.15, -0.1) is 0 Å². The van der Waals surface area contributed by atoms with Gasteiger partial charge in [-0.1, -0.05) is 0 Å². The van der Waals surface area contributed by atoms with E-state index in [1.54, 1.807) is 0 Å². The van der Waals surface area contributed by atoms with Crippen molar-refractivity contribution in [2.24, 2.45) is 11.8 Å². The normalized spacial score (nSPS) is 19.2. The van der Waals surface area contributed by atoms with Crippen molar-refractivity contribution in [3.05, 3.63) is 29.1 Å². The number of nitrogens with two attached hydrogens (primary N) is 1. The molecule has 0 radical (unpaired) electrons. The molecule has 2 heterocycles. The maximum Gasteiger partial charge on any atom is 0.0491 e. The van der Waals surface area contributed by atoms with E-state index in [9.17, 15) is 0 Å². The van der Waals surface area contributed by atoms with Crippen molar-refractivity contribution in [3.63, 3.8) is 0 Å². The lowest BCUT2D eigenvalue weighted by molar-refractivity contribution is 0.0536. The summed E-state index contributed by atoms with van der Waals surface area (Å²) in [4.78, 5) is 4.40. The van der Waals surface area contributed by atoms with Gasteiger partial charge in [0.05, 0.1) is 0 Å². The quantitative estimate of drug-likeness (QED) is 0.617. The second-order valence-corrected chi connectivity index (χ2v) is 4.78. The summed E-state index contributed by atoms with van der Waals surface area (Å²) in [6, 6.07) is 4.44. The summed E-state index contributed by atoms with van der Waals surface area (Å²) in [5.74, 6) is 6.28. The first kappa shape index (κ1) is 12.5. The van der Waals surface area contributed by atoms with Crippen molar-refractivity contribution in [2.45, 2.75) is 32.7 Å². The Morgan fingerprint density at radius 3 is 2.41 bits per heavy atom. The maximum atomic E-state index is 5.72. The van der Waals surface area contributed by atoms with Crippen LogP contribution >= 0.6 is 0 Å². The summed E-state index contributed by atoms with van der Waals surface area (Å²) < 4.78 is 5.40. The van der Waals surface area contributed by atoms with E-state index in [1.807, 2.05) is 13.8 Å². The molecule has 0 bridgehead atoms. The molecular formula is C13H21N3O. The minimum Gasteiger partial charge on any atom is -0.381 e. The molecular weight excluding hydrogens is 214 g/mol. The van der Waals surface area contributed by atoms with Crippen molar-refractivity contribution in [3.8, 4) is 0 Å². The van der Waals surface area contributed by atoms with Gasteiger partial charge < -0.3 is 4.74 Å². The van der Waals surface area contributed by atoms with E-state index in [0.717, 1.165) is 37.4 Å². The number of ether oxygens (including phenoxy) is 1. The first-order valence-corrected chi connectivity index (χ1v) is 6.20.